The number of phenols is 1. The Morgan fingerprint density at radius 3 is 2.75 bits per heavy atom. The molecule has 1 aromatic rings. The van der Waals surface area contributed by atoms with Crippen molar-refractivity contribution in [1.29, 1.82) is 0 Å². The smallest absolute Gasteiger partial charge is 0.189 e. The lowest BCUT2D eigenvalue weighted by Crippen LogP contribution is -2.01. The maximum Gasteiger partial charge on any atom is 0.189 e. The van der Waals surface area contributed by atoms with Gasteiger partial charge in [-0.15, -0.1) is 0 Å². The number of hydrogen-bond donors (Lipinski definition) is 1. The van der Waals surface area contributed by atoms with Crippen LogP contribution in [-0.2, 0) is 4.74 Å². The molecule has 0 unspecified atom stereocenters. The van der Waals surface area contributed by atoms with E-state index in [0.717, 1.165) is 3.39 Å². The van der Waals surface area contributed by atoms with Crippen LogP contribution in [0.1, 0.15) is 12.5 Å². The zero-order valence-corrected chi connectivity index (χ0v) is 11.9. The molecule has 1 N–H and O–H groups in total. The summed E-state index contributed by atoms with van der Waals surface area (Å²) < 4.78 is 11.1. The fourth-order valence-corrected chi connectivity index (χ4v) is 1.54. The maximum absolute atomic E-state index is 9.69. The molecule has 1 rings (SSSR count). The van der Waals surface area contributed by atoms with Crippen molar-refractivity contribution in [2.75, 3.05) is 13.4 Å². The van der Waals surface area contributed by atoms with Crippen LogP contribution in [-0.4, -0.2) is 18.5 Å². The number of aromatic hydroxyl groups is 1. The number of ether oxygens (including phenoxy) is 2. The van der Waals surface area contributed by atoms with Crippen molar-refractivity contribution >= 4 is 37.9 Å². The highest BCUT2D eigenvalue weighted by Crippen LogP contribution is 2.28. The van der Waals surface area contributed by atoms with Gasteiger partial charge in [-0.25, -0.2) is 0 Å². The normalized spacial score (nSPS) is 9.94. The van der Waals surface area contributed by atoms with Crippen LogP contribution >= 0.6 is 31.9 Å². The summed E-state index contributed by atoms with van der Waals surface area (Å²) in [4.78, 5) is 0. The molecular formula is C11H12Br2O3. The van der Waals surface area contributed by atoms with Crippen molar-refractivity contribution in [1.82, 2.24) is 0 Å². The molecule has 0 aromatic heterocycles. The van der Waals surface area contributed by atoms with E-state index < -0.39 is 0 Å². The molecule has 0 saturated heterocycles. The summed E-state index contributed by atoms with van der Waals surface area (Å²) in [5.74, 6) is 0.735. The van der Waals surface area contributed by atoms with Crippen LogP contribution in [0.4, 0.5) is 0 Å². The molecule has 0 radical (unpaired) electrons. The molecule has 0 atom stereocenters. The lowest BCUT2D eigenvalue weighted by molar-refractivity contribution is 0.0223. The van der Waals surface area contributed by atoms with Crippen molar-refractivity contribution in [3.63, 3.8) is 0 Å². The van der Waals surface area contributed by atoms with Gasteiger partial charge in [0.15, 0.2) is 6.79 Å². The standard InChI is InChI=1S/C11H12Br2O3/c1-2-15-7-16-9-4-3-8(5-11(12)13)10(14)6-9/h3-6,14H,2,7H2,1H3. The van der Waals surface area contributed by atoms with Crippen LogP contribution in [0.15, 0.2) is 21.6 Å². The van der Waals surface area contributed by atoms with Gasteiger partial charge in [-0.2, -0.15) is 0 Å². The maximum atomic E-state index is 9.69. The van der Waals surface area contributed by atoms with E-state index in [0.29, 0.717) is 17.9 Å². The molecule has 0 spiro atoms. The van der Waals surface area contributed by atoms with Gasteiger partial charge in [-0.05, 0) is 57.0 Å². The summed E-state index contributed by atoms with van der Waals surface area (Å²) in [5.41, 5.74) is 0.701. The third kappa shape index (κ3) is 4.55. The molecule has 88 valence electrons. The van der Waals surface area contributed by atoms with Crippen molar-refractivity contribution < 1.29 is 14.6 Å². The Labute approximate surface area is 111 Å². The molecule has 0 aliphatic rings. The summed E-state index contributed by atoms with van der Waals surface area (Å²) in [6.45, 7) is 2.68. The first-order valence-electron chi connectivity index (χ1n) is 4.69. The summed E-state index contributed by atoms with van der Waals surface area (Å²) >= 11 is 6.46. The second kappa shape index (κ2) is 6.93. The second-order valence-corrected chi connectivity index (χ2v) is 5.68. The SMILES string of the molecule is CCOCOc1ccc(C=C(Br)Br)c(O)c1. The molecule has 3 nitrogen and oxygen atoms in total. The van der Waals surface area contributed by atoms with Crippen molar-refractivity contribution in [3.8, 4) is 11.5 Å². The van der Waals surface area contributed by atoms with E-state index >= 15 is 0 Å². The van der Waals surface area contributed by atoms with Crippen LogP contribution in [0.2, 0.25) is 0 Å². The second-order valence-electron chi connectivity index (χ2n) is 2.91. The third-order valence-electron chi connectivity index (χ3n) is 1.78. The van der Waals surface area contributed by atoms with E-state index in [-0.39, 0.29) is 12.5 Å². The van der Waals surface area contributed by atoms with Crippen LogP contribution in [0, 0.1) is 0 Å². The minimum Gasteiger partial charge on any atom is -0.507 e. The van der Waals surface area contributed by atoms with Gasteiger partial charge in [0.25, 0.3) is 0 Å². The van der Waals surface area contributed by atoms with E-state index in [1.165, 1.54) is 0 Å². The minimum atomic E-state index is 0.158. The molecule has 0 fully saturated rings. The van der Waals surface area contributed by atoms with Crippen molar-refractivity contribution in [2.45, 2.75) is 6.92 Å². The topological polar surface area (TPSA) is 38.7 Å². The van der Waals surface area contributed by atoms with Gasteiger partial charge < -0.3 is 14.6 Å². The molecular weight excluding hydrogens is 340 g/mol. The quantitative estimate of drug-likeness (QED) is 0.646. The van der Waals surface area contributed by atoms with Crippen LogP contribution in [0.3, 0.4) is 0 Å². The van der Waals surface area contributed by atoms with E-state index in [9.17, 15) is 5.11 Å². The zero-order chi connectivity index (χ0) is 12.0. The molecule has 1 aromatic carbocycles. The first-order valence-corrected chi connectivity index (χ1v) is 6.28. The van der Waals surface area contributed by atoms with Gasteiger partial charge in [0, 0.05) is 18.2 Å². The monoisotopic (exact) mass is 350 g/mol. The molecule has 0 aliphatic carbocycles. The fourth-order valence-electron chi connectivity index (χ4n) is 1.05. The third-order valence-corrected chi connectivity index (χ3v) is 2.24. The summed E-state index contributed by atoms with van der Waals surface area (Å²) in [7, 11) is 0. The number of halogens is 2. The Morgan fingerprint density at radius 2 is 2.19 bits per heavy atom. The Hall–Kier alpha value is -0.520. The van der Waals surface area contributed by atoms with Gasteiger partial charge in [0.1, 0.15) is 11.5 Å². The molecule has 0 bridgehead atoms. The largest absolute Gasteiger partial charge is 0.507 e. The van der Waals surface area contributed by atoms with Crippen LogP contribution in [0.25, 0.3) is 6.08 Å². The van der Waals surface area contributed by atoms with Gasteiger partial charge in [-0.1, -0.05) is 0 Å². The van der Waals surface area contributed by atoms with Crippen LogP contribution in [0.5, 0.6) is 11.5 Å². The summed E-state index contributed by atoms with van der Waals surface area (Å²) in [6, 6.07) is 5.08. The Bertz CT molecular complexity index is 373. The lowest BCUT2D eigenvalue weighted by Gasteiger charge is -2.07. The number of benzene rings is 1. The van der Waals surface area contributed by atoms with Gasteiger partial charge in [-0.3, -0.25) is 0 Å². The molecule has 5 heteroatoms. The highest BCUT2D eigenvalue weighted by molar-refractivity contribution is 9.28. The van der Waals surface area contributed by atoms with Gasteiger partial charge in [0.05, 0.1) is 3.39 Å². The summed E-state index contributed by atoms with van der Waals surface area (Å²) in [6.07, 6.45) is 1.75. The molecule has 0 saturated carbocycles. The molecule has 0 aliphatic heterocycles. The average Bonchev–Trinajstić information content (AvgIpc) is 2.22. The van der Waals surface area contributed by atoms with Crippen molar-refractivity contribution in [2.24, 2.45) is 0 Å². The first kappa shape index (κ1) is 13.5. The summed E-state index contributed by atoms with van der Waals surface area (Å²) in [5, 5.41) is 9.69. The van der Waals surface area contributed by atoms with E-state index in [4.69, 9.17) is 9.47 Å². The highest BCUT2D eigenvalue weighted by atomic mass is 79.9. The minimum absolute atomic E-state index is 0.158. The Kier molecular flexibility index (Phi) is 5.87. The van der Waals surface area contributed by atoms with Gasteiger partial charge >= 0.3 is 0 Å². The predicted molar refractivity (Wildman–Crippen MR) is 71.1 cm³/mol. The molecule has 16 heavy (non-hydrogen) atoms. The fraction of sp³-hybridized carbons (Fsp3) is 0.273. The number of hydrogen-bond acceptors (Lipinski definition) is 3. The van der Waals surface area contributed by atoms with Gasteiger partial charge in [0.2, 0.25) is 0 Å². The number of rotatable bonds is 5. The lowest BCUT2D eigenvalue weighted by atomic mass is 10.2. The van der Waals surface area contributed by atoms with E-state index in [1.807, 2.05) is 6.92 Å². The van der Waals surface area contributed by atoms with Crippen molar-refractivity contribution in [3.05, 3.63) is 27.2 Å². The predicted octanol–water partition coefficient (Wildman–Crippen LogP) is 3.85. The first-order chi connectivity index (χ1) is 7.63. The molecule has 0 heterocycles. The highest BCUT2D eigenvalue weighted by Gasteiger charge is 2.01. The Morgan fingerprint density at radius 1 is 1.44 bits per heavy atom. The number of phenolic OH excluding ortho intramolecular Hbond substituents is 1. The van der Waals surface area contributed by atoms with E-state index in [2.05, 4.69) is 31.9 Å². The van der Waals surface area contributed by atoms with E-state index in [1.54, 1.807) is 24.3 Å². The van der Waals surface area contributed by atoms with Crippen LogP contribution < -0.4 is 4.74 Å². The average molecular weight is 352 g/mol. The molecule has 0 amide bonds. The zero-order valence-electron chi connectivity index (χ0n) is 8.74. The Balaban J connectivity index is 2.71.